The van der Waals surface area contributed by atoms with Crippen molar-refractivity contribution in [3.8, 4) is 6.07 Å². The summed E-state index contributed by atoms with van der Waals surface area (Å²) in [5.41, 5.74) is 4.00. The van der Waals surface area contributed by atoms with Crippen LogP contribution >= 0.6 is 0 Å². The third-order valence-corrected chi connectivity index (χ3v) is 7.13. The van der Waals surface area contributed by atoms with Gasteiger partial charge in [-0.2, -0.15) is 10.4 Å². The Morgan fingerprint density at radius 3 is 2.91 bits per heavy atom. The molecule has 2 fully saturated rings. The molecule has 0 spiro atoms. The summed E-state index contributed by atoms with van der Waals surface area (Å²) in [5, 5.41) is 22.7. The van der Waals surface area contributed by atoms with E-state index in [1.165, 1.54) is 0 Å². The zero-order valence-corrected chi connectivity index (χ0v) is 19.8. The molecule has 0 aliphatic carbocycles. The number of nitrogens with zero attached hydrogens (tertiary/aromatic N) is 5. The van der Waals surface area contributed by atoms with Crippen LogP contribution in [0.2, 0.25) is 0 Å². The molecule has 0 bridgehead atoms. The average Bonchev–Trinajstić information content (AvgIpc) is 2.85. The van der Waals surface area contributed by atoms with Gasteiger partial charge in [0, 0.05) is 48.7 Å². The number of anilines is 2. The van der Waals surface area contributed by atoms with Crippen molar-refractivity contribution in [1.82, 2.24) is 15.1 Å². The summed E-state index contributed by atoms with van der Waals surface area (Å²) < 4.78 is 21.0. The van der Waals surface area contributed by atoms with Crippen molar-refractivity contribution < 1.29 is 9.13 Å². The van der Waals surface area contributed by atoms with Gasteiger partial charge in [0.1, 0.15) is 5.82 Å². The summed E-state index contributed by atoms with van der Waals surface area (Å²) in [6, 6.07) is 11.9. The monoisotopic (exact) mass is 460 g/mol. The van der Waals surface area contributed by atoms with Gasteiger partial charge in [-0.05, 0) is 56.5 Å². The SMILES string of the molecule is Cc1c(C#N)cccc1[C@@H](C)Nc1nnc(C)c2c(F)cc(N3CCN4COCCC4C3)cc12. The van der Waals surface area contributed by atoms with Gasteiger partial charge in [-0.1, -0.05) is 12.1 Å². The van der Waals surface area contributed by atoms with E-state index in [2.05, 4.69) is 31.4 Å². The molecule has 2 aliphatic rings. The van der Waals surface area contributed by atoms with E-state index in [9.17, 15) is 5.26 Å². The number of aromatic nitrogens is 2. The number of hydrogen-bond donors (Lipinski definition) is 1. The standard InChI is InChI=1S/C26H29FN6O/c1-16-19(13-28)5-4-6-22(16)17(2)29-26-23-11-21(12-24(27)25(23)18(3)30-31-26)32-8-9-33-15-34-10-7-20(33)14-32/h4-6,11-12,17,20H,7-10,14-15H2,1-3H3,(H,29,31)/t17-,20?/m1/s1. The minimum atomic E-state index is -0.285. The summed E-state index contributed by atoms with van der Waals surface area (Å²) in [6.07, 6.45) is 0.989. The van der Waals surface area contributed by atoms with E-state index in [0.29, 0.717) is 35.2 Å². The van der Waals surface area contributed by atoms with Crippen LogP contribution in [0.3, 0.4) is 0 Å². The first-order valence-electron chi connectivity index (χ1n) is 11.8. The van der Waals surface area contributed by atoms with E-state index >= 15 is 4.39 Å². The zero-order chi connectivity index (χ0) is 23.8. The molecule has 1 unspecified atom stereocenters. The fourth-order valence-corrected chi connectivity index (χ4v) is 5.16. The molecule has 176 valence electrons. The van der Waals surface area contributed by atoms with Gasteiger partial charge in [-0.25, -0.2) is 4.39 Å². The van der Waals surface area contributed by atoms with Crippen molar-refractivity contribution in [3.63, 3.8) is 0 Å². The molecular formula is C26H29FN6O. The Kier molecular flexibility index (Phi) is 6.07. The van der Waals surface area contributed by atoms with Gasteiger partial charge in [0.15, 0.2) is 5.82 Å². The molecule has 0 saturated carbocycles. The number of piperazine rings is 1. The fourth-order valence-electron chi connectivity index (χ4n) is 5.16. The van der Waals surface area contributed by atoms with E-state index in [1.807, 2.05) is 38.1 Å². The highest BCUT2D eigenvalue weighted by Crippen LogP contribution is 2.34. The van der Waals surface area contributed by atoms with Crippen molar-refractivity contribution in [2.45, 2.75) is 39.3 Å². The molecule has 8 heteroatoms. The van der Waals surface area contributed by atoms with Crippen LogP contribution in [0, 0.1) is 31.0 Å². The first-order valence-corrected chi connectivity index (χ1v) is 11.8. The maximum atomic E-state index is 15.4. The maximum Gasteiger partial charge on any atom is 0.157 e. The van der Waals surface area contributed by atoms with E-state index in [-0.39, 0.29) is 11.9 Å². The Balaban J connectivity index is 1.50. The van der Waals surface area contributed by atoms with Gasteiger partial charge in [-0.3, -0.25) is 4.90 Å². The number of halogens is 1. The second-order valence-corrected chi connectivity index (χ2v) is 9.22. The Morgan fingerprint density at radius 2 is 2.09 bits per heavy atom. The highest BCUT2D eigenvalue weighted by molar-refractivity contribution is 5.96. The molecular weight excluding hydrogens is 431 g/mol. The molecule has 34 heavy (non-hydrogen) atoms. The van der Waals surface area contributed by atoms with Gasteiger partial charge in [0.25, 0.3) is 0 Å². The smallest absolute Gasteiger partial charge is 0.157 e. The summed E-state index contributed by atoms with van der Waals surface area (Å²) >= 11 is 0. The largest absolute Gasteiger partial charge is 0.369 e. The molecule has 1 N–H and O–H groups in total. The third kappa shape index (κ3) is 4.06. The van der Waals surface area contributed by atoms with Crippen LogP contribution < -0.4 is 10.2 Å². The van der Waals surface area contributed by atoms with Crippen LogP contribution in [0.1, 0.15) is 41.8 Å². The maximum absolute atomic E-state index is 15.4. The van der Waals surface area contributed by atoms with Crippen molar-refractivity contribution in [3.05, 3.63) is 58.5 Å². The van der Waals surface area contributed by atoms with Crippen LogP contribution in [0.5, 0.6) is 0 Å². The Hall–Kier alpha value is -3.28. The summed E-state index contributed by atoms with van der Waals surface area (Å²) in [5.74, 6) is 0.257. The topological polar surface area (TPSA) is 77.3 Å². The van der Waals surface area contributed by atoms with E-state index in [1.54, 1.807) is 13.0 Å². The molecule has 5 rings (SSSR count). The van der Waals surface area contributed by atoms with E-state index in [4.69, 9.17) is 4.74 Å². The predicted octanol–water partition coefficient (Wildman–Crippen LogP) is 4.30. The lowest BCUT2D eigenvalue weighted by Gasteiger charge is -2.44. The number of nitriles is 1. The van der Waals surface area contributed by atoms with Gasteiger partial charge in [0.05, 0.1) is 30.1 Å². The summed E-state index contributed by atoms with van der Waals surface area (Å²) in [7, 11) is 0. The molecule has 2 aromatic carbocycles. The second-order valence-electron chi connectivity index (χ2n) is 9.22. The molecule has 0 radical (unpaired) electrons. The number of hydrogen-bond acceptors (Lipinski definition) is 7. The summed E-state index contributed by atoms with van der Waals surface area (Å²) in [4.78, 5) is 4.62. The predicted molar refractivity (Wildman–Crippen MR) is 130 cm³/mol. The number of nitrogens with one attached hydrogen (secondary N) is 1. The van der Waals surface area contributed by atoms with Gasteiger partial charge in [-0.15, -0.1) is 5.10 Å². The molecule has 2 saturated heterocycles. The van der Waals surface area contributed by atoms with Gasteiger partial charge < -0.3 is 15.0 Å². The number of rotatable bonds is 4. The zero-order valence-electron chi connectivity index (χ0n) is 19.8. The number of fused-ring (bicyclic) bond motifs is 2. The minimum Gasteiger partial charge on any atom is -0.369 e. The molecule has 3 aromatic rings. The fraction of sp³-hybridized carbons (Fsp3) is 0.423. The lowest BCUT2D eigenvalue weighted by atomic mass is 9.98. The molecule has 7 nitrogen and oxygen atoms in total. The Morgan fingerprint density at radius 1 is 1.24 bits per heavy atom. The lowest BCUT2D eigenvalue weighted by Crippen LogP contribution is -2.56. The van der Waals surface area contributed by atoms with E-state index in [0.717, 1.165) is 54.9 Å². The first-order chi connectivity index (χ1) is 16.5. The van der Waals surface area contributed by atoms with E-state index < -0.39 is 0 Å². The second kappa shape index (κ2) is 9.16. The number of benzene rings is 2. The first kappa shape index (κ1) is 22.5. The minimum absolute atomic E-state index is 0.133. The molecule has 0 amide bonds. The number of ether oxygens (including phenoxy) is 1. The van der Waals surface area contributed by atoms with Gasteiger partial charge in [0.2, 0.25) is 0 Å². The molecule has 2 atom stereocenters. The Labute approximate surface area is 199 Å². The molecule has 3 heterocycles. The molecule has 2 aliphatic heterocycles. The highest BCUT2D eigenvalue weighted by Gasteiger charge is 2.30. The lowest BCUT2D eigenvalue weighted by molar-refractivity contribution is -0.0511. The van der Waals surface area contributed by atoms with Crippen LogP contribution in [0.4, 0.5) is 15.9 Å². The molecule has 1 aromatic heterocycles. The van der Waals surface area contributed by atoms with Crippen molar-refractivity contribution >= 4 is 22.3 Å². The van der Waals surface area contributed by atoms with Crippen LogP contribution in [-0.4, -0.2) is 54.1 Å². The van der Waals surface area contributed by atoms with Crippen molar-refractivity contribution in [2.24, 2.45) is 0 Å². The normalized spacial score (nSPS) is 19.5. The highest BCUT2D eigenvalue weighted by atomic mass is 19.1. The van der Waals surface area contributed by atoms with Gasteiger partial charge >= 0.3 is 0 Å². The summed E-state index contributed by atoms with van der Waals surface area (Å²) in [6.45, 7) is 9.76. The third-order valence-electron chi connectivity index (χ3n) is 7.13. The number of aryl methyl sites for hydroxylation is 1. The van der Waals surface area contributed by atoms with Crippen LogP contribution in [-0.2, 0) is 4.74 Å². The van der Waals surface area contributed by atoms with Crippen molar-refractivity contribution in [1.29, 1.82) is 5.26 Å². The quantitative estimate of drug-likeness (QED) is 0.622. The van der Waals surface area contributed by atoms with Crippen LogP contribution in [0.15, 0.2) is 30.3 Å². The Bertz CT molecular complexity index is 1270. The van der Waals surface area contributed by atoms with Crippen molar-refractivity contribution in [2.75, 3.05) is 43.2 Å². The van der Waals surface area contributed by atoms with Crippen LogP contribution in [0.25, 0.3) is 10.8 Å². The average molecular weight is 461 g/mol.